The molecule has 1 atom stereocenters. The van der Waals surface area contributed by atoms with Crippen LogP contribution in [0.2, 0.25) is 0 Å². The van der Waals surface area contributed by atoms with Crippen molar-refractivity contribution >= 4 is 5.91 Å². The molecule has 1 rings (SSSR count). The number of hydrogen-bond donors (Lipinski definition) is 0. The van der Waals surface area contributed by atoms with Gasteiger partial charge in [-0.2, -0.15) is 0 Å². The van der Waals surface area contributed by atoms with E-state index in [1.807, 2.05) is 4.90 Å². The van der Waals surface area contributed by atoms with Gasteiger partial charge in [-0.15, -0.1) is 0 Å². The van der Waals surface area contributed by atoms with Crippen LogP contribution < -0.4 is 0 Å². The van der Waals surface area contributed by atoms with E-state index in [4.69, 9.17) is 0 Å². The Balaban J connectivity index is 2.39. The van der Waals surface area contributed by atoms with Gasteiger partial charge in [0.15, 0.2) is 0 Å². The Bertz CT molecular complexity index is 278. The summed E-state index contributed by atoms with van der Waals surface area (Å²) in [6.07, 6.45) is 12.5. The zero-order valence-corrected chi connectivity index (χ0v) is 10.6. The monoisotopic (exact) mass is 221 g/mol. The van der Waals surface area contributed by atoms with Gasteiger partial charge in [0, 0.05) is 19.5 Å². The molecule has 16 heavy (non-hydrogen) atoms. The molecule has 1 aliphatic rings. The molecule has 0 radical (unpaired) electrons. The lowest BCUT2D eigenvalue weighted by Gasteiger charge is -2.24. The molecule has 0 fully saturated rings. The molecule has 1 unspecified atom stereocenters. The van der Waals surface area contributed by atoms with Gasteiger partial charge in [0.05, 0.1) is 0 Å². The minimum atomic E-state index is 0.156. The number of hydrogen-bond acceptors (Lipinski definition) is 1. The molecule has 0 spiro atoms. The Morgan fingerprint density at radius 2 is 2.25 bits per heavy atom. The van der Waals surface area contributed by atoms with Crippen molar-refractivity contribution in [1.29, 1.82) is 0 Å². The summed E-state index contributed by atoms with van der Waals surface area (Å²) in [7, 11) is 0. The lowest BCUT2D eigenvalue weighted by Crippen LogP contribution is -2.35. The summed E-state index contributed by atoms with van der Waals surface area (Å²) in [4.78, 5) is 13.2. The number of allylic oxidation sites excluding steroid dienone is 3. The predicted molar refractivity (Wildman–Crippen MR) is 68.1 cm³/mol. The zero-order chi connectivity index (χ0) is 12.0. The van der Waals surface area contributed by atoms with E-state index in [0.29, 0.717) is 5.92 Å². The molecule has 0 saturated heterocycles. The average Bonchev–Trinajstić information content (AvgIpc) is 2.24. The van der Waals surface area contributed by atoms with Gasteiger partial charge < -0.3 is 4.90 Å². The molecule has 1 amide bonds. The van der Waals surface area contributed by atoms with E-state index in [2.05, 4.69) is 38.2 Å². The van der Waals surface area contributed by atoms with Crippen LogP contribution in [0.4, 0.5) is 0 Å². The maximum Gasteiger partial charge on any atom is 0.219 e. The summed E-state index contributed by atoms with van der Waals surface area (Å²) in [6.45, 7) is 6.49. The summed E-state index contributed by atoms with van der Waals surface area (Å²) < 4.78 is 0. The highest BCUT2D eigenvalue weighted by Crippen LogP contribution is 2.19. The van der Waals surface area contributed by atoms with E-state index in [9.17, 15) is 4.79 Å². The third-order valence-electron chi connectivity index (χ3n) is 3.05. The maximum atomic E-state index is 11.3. The largest absolute Gasteiger partial charge is 0.337 e. The molecular formula is C14H23NO. The van der Waals surface area contributed by atoms with E-state index in [1.54, 1.807) is 6.92 Å². The van der Waals surface area contributed by atoms with Crippen molar-refractivity contribution in [3.05, 3.63) is 24.3 Å². The van der Waals surface area contributed by atoms with E-state index >= 15 is 0 Å². The second-order valence-corrected chi connectivity index (χ2v) is 4.74. The quantitative estimate of drug-likeness (QED) is 0.668. The molecule has 0 N–H and O–H groups in total. The Kier molecular flexibility index (Phi) is 5.30. The molecule has 1 aliphatic carbocycles. The summed E-state index contributed by atoms with van der Waals surface area (Å²) in [6, 6.07) is 0.286. The van der Waals surface area contributed by atoms with Crippen molar-refractivity contribution < 1.29 is 4.79 Å². The van der Waals surface area contributed by atoms with Crippen LogP contribution in [0, 0.1) is 5.92 Å². The molecule has 2 nitrogen and oxygen atoms in total. The van der Waals surface area contributed by atoms with Gasteiger partial charge in [0.1, 0.15) is 0 Å². The first-order chi connectivity index (χ1) is 7.61. The number of nitrogens with zero attached hydrogens (tertiary/aromatic N) is 1. The first-order valence-electron chi connectivity index (χ1n) is 6.20. The topological polar surface area (TPSA) is 20.3 Å². The van der Waals surface area contributed by atoms with Crippen LogP contribution in [-0.2, 0) is 4.79 Å². The van der Waals surface area contributed by atoms with Crippen molar-refractivity contribution in [2.24, 2.45) is 5.92 Å². The van der Waals surface area contributed by atoms with Crippen molar-refractivity contribution in [2.75, 3.05) is 6.54 Å². The lowest BCUT2D eigenvalue weighted by molar-refractivity contribution is -0.129. The lowest BCUT2D eigenvalue weighted by atomic mass is 9.94. The van der Waals surface area contributed by atoms with E-state index in [0.717, 1.165) is 13.0 Å². The molecule has 0 aromatic heterocycles. The Morgan fingerprint density at radius 3 is 2.75 bits per heavy atom. The van der Waals surface area contributed by atoms with Crippen molar-refractivity contribution in [3.8, 4) is 0 Å². The van der Waals surface area contributed by atoms with E-state index < -0.39 is 0 Å². The summed E-state index contributed by atoms with van der Waals surface area (Å²) >= 11 is 0. The Morgan fingerprint density at radius 1 is 1.50 bits per heavy atom. The smallest absolute Gasteiger partial charge is 0.219 e. The standard InChI is InChI=1S/C14H23NO/c1-12(2)15(13(3)16)11-7-10-14-8-5-4-6-9-14/h4-5,7,10,12,14H,6,8-9,11H2,1-3H3. The van der Waals surface area contributed by atoms with Crippen molar-refractivity contribution in [3.63, 3.8) is 0 Å². The molecular weight excluding hydrogens is 198 g/mol. The summed E-state index contributed by atoms with van der Waals surface area (Å²) in [5, 5.41) is 0. The molecule has 0 heterocycles. The van der Waals surface area contributed by atoms with Crippen LogP contribution in [0.1, 0.15) is 40.0 Å². The minimum Gasteiger partial charge on any atom is -0.337 e. The van der Waals surface area contributed by atoms with Crippen LogP contribution in [0.3, 0.4) is 0 Å². The normalized spacial score (nSPS) is 20.6. The second-order valence-electron chi connectivity index (χ2n) is 4.74. The SMILES string of the molecule is CC(=O)N(CC=CC1CC=CCC1)C(C)C. The minimum absolute atomic E-state index is 0.156. The number of amides is 1. The molecule has 0 saturated carbocycles. The van der Waals surface area contributed by atoms with Crippen molar-refractivity contribution in [1.82, 2.24) is 4.90 Å². The number of carbonyl (C=O) groups excluding carboxylic acids is 1. The van der Waals surface area contributed by atoms with Crippen LogP contribution >= 0.6 is 0 Å². The fourth-order valence-electron chi connectivity index (χ4n) is 2.06. The average molecular weight is 221 g/mol. The molecule has 0 aromatic carbocycles. The van der Waals surface area contributed by atoms with Gasteiger partial charge in [0.25, 0.3) is 0 Å². The molecule has 0 bridgehead atoms. The number of carbonyl (C=O) groups is 1. The van der Waals surface area contributed by atoms with Gasteiger partial charge in [-0.1, -0.05) is 24.3 Å². The van der Waals surface area contributed by atoms with Gasteiger partial charge in [-0.3, -0.25) is 4.79 Å². The fraction of sp³-hybridized carbons (Fsp3) is 0.643. The van der Waals surface area contributed by atoms with Gasteiger partial charge in [-0.05, 0) is 39.0 Å². The number of rotatable bonds is 4. The first-order valence-corrected chi connectivity index (χ1v) is 6.20. The molecule has 0 aromatic rings. The molecule has 0 aliphatic heterocycles. The third-order valence-corrected chi connectivity index (χ3v) is 3.05. The first kappa shape index (κ1) is 13.0. The second kappa shape index (κ2) is 6.51. The molecule has 2 heteroatoms. The maximum absolute atomic E-state index is 11.3. The van der Waals surface area contributed by atoms with Gasteiger partial charge in [-0.25, -0.2) is 0 Å². The van der Waals surface area contributed by atoms with Gasteiger partial charge in [0.2, 0.25) is 5.91 Å². The third kappa shape index (κ3) is 4.21. The van der Waals surface area contributed by atoms with Crippen molar-refractivity contribution in [2.45, 2.75) is 46.1 Å². The molecule has 90 valence electrons. The van der Waals surface area contributed by atoms with Crippen LogP contribution in [0.5, 0.6) is 0 Å². The fourth-order valence-corrected chi connectivity index (χ4v) is 2.06. The van der Waals surface area contributed by atoms with Crippen LogP contribution in [-0.4, -0.2) is 23.4 Å². The Labute approximate surface area is 99.0 Å². The summed E-state index contributed by atoms with van der Waals surface area (Å²) in [5.41, 5.74) is 0. The Hall–Kier alpha value is -1.05. The van der Waals surface area contributed by atoms with E-state index in [-0.39, 0.29) is 11.9 Å². The summed E-state index contributed by atoms with van der Waals surface area (Å²) in [5.74, 6) is 0.828. The van der Waals surface area contributed by atoms with Crippen LogP contribution in [0.25, 0.3) is 0 Å². The predicted octanol–water partition coefficient (Wildman–Crippen LogP) is 3.16. The van der Waals surface area contributed by atoms with E-state index in [1.165, 1.54) is 12.8 Å². The van der Waals surface area contributed by atoms with Gasteiger partial charge >= 0.3 is 0 Å². The van der Waals surface area contributed by atoms with Crippen LogP contribution in [0.15, 0.2) is 24.3 Å². The highest BCUT2D eigenvalue weighted by atomic mass is 16.2. The highest BCUT2D eigenvalue weighted by molar-refractivity contribution is 5.73. The highest BCUT2D eigenvalue weighted by Gasteiger charge is 2.11. The zero-order valence-electron chi connectivity index (χ0n) is 10.6.